The Labute approximate surface area is 204 Å². The number of nitrogens with one attached hydrogen (secondary N) is 1. The Hall–Kier alpha value is -2.90. The number of hydrogen-bond acceptors (Lipinski definition) is 4. The molecule has 2 heterocycles. The van der Waals surface area contributed by atoms with Crippen LogP contribution in [0, 0.1) is 0 Å². The van der Waals surface area contributed by atoms with Crippen molar-refractivity contribution in [3.8, 4) is 0 Å². The van der Waals surface area contributed by atoms with E-state index in [4.69, 9.17) is 11.6 Å². The lowest BCUT2D eigenvalue weighted by molar-refractivity contribution is -0.134. The average molecular weight is 485 g/mol. The Morgan fingerprint density at radius 1 is 1.30 bits per heavy atom. The van der Waals surface area contributed by atoms with Crippen molar-refractivity contribution in [2.45, 2.75) is 38.9 Å². The minimum absolute atomic E-state index is 0.0485. The first-order valence-corrected chi connectivity index (χ1v) is 12.1. The van der Waals surface area contributed by atoms with Crippen LogP contribution in [0.2, 0.25) is 5.02 Å². The molecule has 1 fully saturated rings. The standard InChI is InChI=1S/C25H29ClN4O2S/c1-4-7-21(27-5-2)23-14-13-20(33-23)16-28-25(32)30-15-6-8-22(30)24(31)29(3)17-18-9-11-19(26)12-10-18/h4-5,7,9-14,22H,1,6,8,15-17H2,2-3H3,(H,28,32)/b21-7-,27-5?/t22-/m1/s1. The van der Waals surface area contributed by atoms with Crippen molar-refractivity contribution in [3.05, 3.63) is 75.5 Å². The van der Waals surface area contributed by atoms with Crippen molar-refractivity contribution in [3.63, 3.8) is 0 Å². The zero-order valence-corrected chi connectivity index (χ0v) is 20.5. The zero-order valence-electron chi connectivity index (χ0n) is 19.0. The second-order valence-corrected chi connectivity index (χ2v) is 9.38. The maximum Gasteiger partial charge on any atom is 0.318 e. The molecule has 1 N–H and O–H groups in total. The first-order chi connectivity index (χ1) is 15.9. The highest BCUT2D eigenvalue weighted by Gasteiger charge is 2.35. The third-order valence-corrected chi connectivity index (χ3v) is 6.74. The molecule has 0 aliphatic carbocycles. The van der Waals surface area contributed by atoms with Crippen molar-refractivity contribution >= 4 is 46.8 Å². The molecule has 0 saturated carbocycles. The fraction of sp³-hybridized carbons (Fsp3) is 0.320. The van der Waals surface area contributed by atoms with Gasteiger partial charge in [0.2, 0.25) is 5.91 Å². The molecule has 33 heavy (non-hydrogen) atoms. The lowest BCUT2D eigenvalue weighted by Gasteiger charge is -2.28. The summed E-state index contributed by atoms with van der Waals surface area (Å²) < 4.78 is 0. The van der Waals surface area contributed by atoms with Crippen LogP contribution in [-0.2, 0) is 17.9 Å². The summed E-state index contributed by atoms with van der Waals surface area (Å²) in [6.45, 7) is 7.05. The third-order valence-electron chi connectivity index (χ3n) is 5.38. The molecule has 1 aromatic carbocycles. The molecule has 2 aromatic rings. The lowest BCUT2D eigenvalue weighted by atomic mass is 10.1. The molecular weight excluding hydrogens is 456 g/mol. The summed E-state index contributed by atoms with van der Waals surface area (Å²) in [4.78, 5) is 35.7. The second kappa shape index (κ2) is 11.8. The van der Waals surface area contributed by atoms with Crippen molar-refractivity contribution in [2.75, 3.05) is 13.6 Å². The highest BCUT2D eigenvalue weighted by Crippen LogP contribution is 2.26. The molecule has 1 aliphatic rings. The van der Waals surface area contributed by atoms with E-state index in [9.17, 15) is 9.59 Å². The molecule has 3 amide bonds. The van der Waals surface area contributed by atoms with E-state index < -0.39 is 6.04 Å². The summed E-state index contributed by atoms with van der Waals surface area (Å²) >= 11 is 7.52. The van der Waals surface area contributed by atoms with Gasteiger partial charge in [-0.2, -0.15) is 0 Å². The van der Waals surface area contributed by atoms with Gasteiger partial charge in [0, 0.05) is 36.3 Å². The molecule has 0 radical (unpaired) electrons. The van der Waals surface area contributed by atoms with E-state index in [0.717, 1.165) is 27.4 Å². The number of rotatable bonds is 8. The van der Waals surface area contributed by atoms with E-state index in [0.29, 0.717) is 31.1 Å². The number of carbonyl (C=O) groups excluding carboxylic acids is 2. The molecule has 1 aromatic heterocycles. The highest BCUT2D eigenvalue weighted by atomic mass is 35.5. The van der Waals surface area contributed by atoms with Crippen LogP contribution in [0.4, 0.5) is 4.79 Å². The number of halogens is 1. The van der Waals surface area contributed by atoms with Gasteiger partial charge in [0.05, 0.1) is 17.1 Å². The van der Waals surface area contributed by atoms with Gasteiger partial charge < -0.3 is 15.1 Å². The summed E-state index contributed by atoms with van der Waals surface area (Å²) in [5.41, 5.74) is 1.83. The topological polar surface area (TPSA) is 65.0 Å². The lowest BCUT2D eigenvalue weighted by Crippen LogP contribution is -2.49. The van der Waals surface area contributed by atoms with E-state index in [-0.39, 0.29) is 11.9 Å². The van der Waals surface area contributed by atoms with Gasteiger partial charge in [0.15, 0.2) is 0 Å². The average Bonchev–Trinajstić information content (AvgIpc) is 3.48. The number of likely N-dealkylation sites (N-methyl/N-ethyl adjacent to an activating group) is 1. The monoisotopic (exact) mass is 484 g/mol. The second-order valence-electron chi connectivity index (χ2n) is 7.77. The number of allylic oxidation sites excluding steroid dienone is 2. The fourth-order valence-corrected chi connectivity index (χ4v) is 4.83. The summed E-state index contributed by atoms with van der Waals surface area (Å²) in [5.74, 6) is -0.0485. The summed E-state index contributed by atoms with van der Waals surface area (Å²) in [6.07, 6.45) is 6.79. The third kappa shape index (κ3) is 6.55. The van der Waals surface area contributed by atoms with Gasteiger partial charge >= 0.3 is 6.03 Å². The van der Waals surface area contributed by atoms with Crippen LogP contribution >= 0.6 is 22.9 Å². The van der Waals surface area contributed by atoms with Gasteiger partial charge in [-0.15, -0.1) is 11.3 Å². The van der Waals surface area contributed by atoms with Crippen LogP contribution in [0.25, 0.3) is 5.70 Å². The number of likely N-dealkylation sites (tertiary alicyclic amines) is 1. The quantitative estimate of drug-likeness (QED) is 0.405. The zero-order chi connectivity index (χ0) is 23.8. The normalized spacial score (nSPS) is 16.3. The number of carbonyl (C=O) groups is 2. The number of amides is 3. The minimum Gasteiger partial charge on any atom is -0.340 e. The minimum atomic E-state index is -0.442. The van der Waals surface area contributed by atoms with Crippen LogP contribution in [-0.4, -0.2) is 47.6 Å². The van der Waals surface area contributed by atoms with Crippen molar-refractivity contribution in [1.82, 2.24) is 15.1 Å². The summed E-state index contributed by atoms with van der Waals surface area (Å²) in [7, 11) is 1.77. The first kappa shape index (κ1) is 24.7. The van der Waals surface area contributed by atoms with E-state index in [1.165, 1.54) is 0 Å². The van der Waals surface area contributed by atoms with Gasteiger partial charge in [-0.25, -0.2) is 4.79 Å². The number of nitrogens with zero attached hydrogens (tertiary/aromatic N) is 3. The van der Waals surface area contributed by atoms with Crippen molar-refractivity contribution in [2.24, 2.45) is 4.99 Å². The Morgan fingerprint density at radius 2 is 2.06 bits per heavy atom. The van der Waals surface area contributed by atoms with E-state index in [1.807, 2.05) is 49.4 Å². The molecule has 174 valence electrons. The molecule has 1 saturated heterocycles. The Morgan fingerprint density at radius 3 is 2.76 bits per heavy atom. The Kier molecular flexibility index (Phi) is 8.86. The van der Waals surface area contributed by atoms with Gasteiger partial charge in [0.25, 0.3) is 0 Å². The van der Waals surface area contributed by atoms with Crippen molar-refractivity contribution in [1.29, 1.82) is 0 Å². The van der Waals surface area contributed by atoms with E-state index >= 15 is 0 Å². The van der Waals surface area contributed by atoms with Crippen LogP contribution in [0.15, 0.2) is 60.1 Å². The molecule has 6 nitrogen and oxygen atoms in total. The summed E-state index contributed by atoms with van der Waals surface area (Å²) in [5, 5.41) is 3.63. The number of benzene rings is 1. The van der Waals surface area contributed by atoms with E-state index in [1.54, 1.807) is 40.5 Å². The molecule has 0 bridgehead atoms. The summed E-state index contributed by atoms with van der Waals surface area (Å²) in [6, 6.07) is 10.7. The molecule has 0 unspecified atom stereocenters. The molecule has 1 aliphatic heterocycles. The maximum absolute atomic E-state index is 13.1. The predicted octanol–water partition coefficient (Wildman–Crippen LogP) is 5.35. The SMILES string of the molecule is C=C/C=C(\N=CC)c1ccc(CNC(=O)N2CCC[C@@H]2C(=O)N(C)Cc2ccc(Cl)cc2)s1. The van der Waals surface area contributed by atoms with Gasteiger partial charge in [-0.1, -0.05) is 36.4 Å². The van der Waals surface area contributed by atoms with Crippen LogP contribution in [0.1, 0.15) is 35.1 Å². The Balaban J connectivity index is 1.58. The van der Waals surface area contributed by atoms with Crippen molar-refractivity contribution < 1.29 is 9.59 Å². The number of hydrogen-bond donors (Lipinski definition) is 1. The molecule has 0 spiro atoms. The fourth-order valence-electron chi connectivity index (χ4n) is 3.78. The molecular formula is C25H29ClN4O2S. The molecule has 3 rings (SSSR count). The van der Waals surface area contributed by atoms with Crippen LogP contribution in [0.5, 0.6) is 0 Å². The molecule has 1 atom stereocenters. The predicted molar refractivity (Wildman–Crippen MR) is 137 cm³/mol. The van der Waals surface area contributed by atoms with Gasteiger partial charge in [-0.05, 0) is 55.7 Å². The highest BCUT2D eigenvalue weighted by molar-refractivity contribution is 7.13. The van der Waals surface area contributed by atoms with Gasteiger partial charge in [0.1, 0.15) is 6.04 Å². The largest absolute Gasteiger partial charge is 0.340 e. The first-order valence-electron chi connectivity index (χ1n) is 10.9. The Bertz CT molecular complexity index is 1040. The number of aliphatic imine (C=N–C) groups is 1. The van der Waals surface area contributed by atoms with Gasteiger partial charge in [-0.3, -0.25) is 9.79 Å². The number of urea groups is 1. The van der Waals surface area contributed by atoms with Crippen LogP contribution in [0.3, 0.4) is 0 Å². The molecule has 8 heteroatoms. The smallest absolute Gasteiger partial charge is 0.318 e. The number of thiophene rings is 1. The van der Waals surface area contributed by atoms with E-state index in [2.05, 4.69) is 16.9 Å². The maximum atomic E-state index is 13.1. The van der Waals surface area contributed by atoms with Crippen LogP contribution < -0.4 is 5.32 Å².